The largest absolute Gasteiger partial charge is 0.0654 e. The van der Waals surface area contributed by atoms with Crippen LogP contribution >= 0.6 is 0 Å². The summed E-state index contributed by atoms with van der Waals surface area (Å²) in [6.45, 7) is 9.99. The van der Waals surface area contributed by atoms with Gasteiger partial charge in [0.15, 0.2) is 0 Å². The van der Waals surface area contributed by atoms with Crippen LogP contribution in [-0.4, -0.2) is 0 Å². The molecule has 1 rings (SSSR count). The molecule has 1 atom stereocenters. The molecule has 126 valence electrons. The number of hydrogen-bond acceptors (Lipinski definition) is 0. The first kappa shape index (κ1) is 19.0. The maximum atomic E-state index is 2.60. The molecular formula is C21H42. The average Bonchev–Trinajstić information content (AvgIpc) is 2.44. The Hall–Kier alpha value is 0. The number of unbranched alkanes of at least 4 members (excludes halogenated alkanes) is 7. The fourth-order valence-corrected chi connectivity index (χ4v) is 4.19. The standard InChI is InChI=1S/C21H42/c1-5-6-7-8-9-10-11-15-18-21(4)19-16-13-12-14-17-20(21,2)3/h5-19H2,1-4H3. The Balaban J connectivity index is 2.23. The van der Waals surface area contributed by atoms with E-state index in [-0.39, 0.29) is 0 Å². The van der Waals surface area contributed by atoms with Crippen molar-refractivity contribution in [3.05, 3.63) is 0 Å². The van der Waals surface area contributed by atoms with Gasteiger partial charge in [-0.3, -0.25) is 0 Å². The van der Waals surface area contributed by atoms with Crippen LogP contribution in [0.3, 0.4) is 0 Å². The normalized spacial score (nSPS) is 26.3. The summed E-state index contributed by atoms with van der Waals surface area (Å²) in [6.07, 6.45) is 21.9. The summed E-state index contributed by atoms with van der Waals surface area (Å²) in [5, 5.41) is 0. The fourth-order valence-electron chi connectivity index (χ4n) is 4.19. The van der Waals surface area contributed by atoms with Gasteiger partial charge in [-0.05, 0) is 30.1 Å². The molecule has 21 heavy (non-hydrogen) atoms. The van der Waals surface area contributed by atoms with Gasteiger partial charge in [0.1, 0.15) is 0 Å². The van der Waals surface area contributed by atoms with Crippen LogP contribution in [-0.2, 0) is 0 Å². The molecule has 0 spiro atoms. The highest BCUT2D eigenvalue weighted by Crippen LogP contribution is 2.50. The number of rotatable bonds is 9. The predicted molar refractivity (Wildman–Crippen MR) is 96.8 cm³/mol. The number of hydrogen-bond donors (Lipinski definition) is 0. The van der Waals surface area contributed by atoms with Crippen LogP contribution in [0.2, 0.25) is 0 Å². The van der Waals surface area contributed by atoms with Gasteiger partial charge in [0.25, 0.3) is 0 Å². The molecule has 0 bridgehead atoms. The lowest BCUT2D eigenvalue weighted by Gasteiger charge is -2.46. The van der Waals surface area contributed by atoms with Crippen molar-refractivity contribution in [3.8, 4) is 0 Å². The first-order chi connectivity index (χ1) is 10.0. The molecule has 1 aliphatic rings. The van der Waals surface area contributed by atoms with E-state index >= 15 is 0 Å². The Morgan fingerprint density at radius 3 is 1.76 bits per heavy atom. The molecule has 0 aromatic rings. The Morgan fingerprint density at radius 2 is 1.14 bits per heavy atom. The summed E-state index contributed by atoms with van der Waals surface area (Å²) in [5.41, 5.74) is 1.14. The molecule has 0 heteroatoms. The monoisotopic (exact) mass is 294 g/mol. The summed E-state index contributed by atoms with van der Waals surface area (Å²) >= 11 is 0. The van der Waals surface area contributed by atoms with E-state index in [1.807, 2.05) is 0 Å². The van der Waals surface area contributed by atoms with Gasteiger partial charge in [0.2, 0.25) is 0 Å². The minimum absolute atomic E-state index is 0.550. The van der Waals surface area contributed by atoms with Crippen molar-refractivity contribution in [2.75, 3.05) is 0 Å². The molecule has 1 saturated carbocycles. The van der Waals surface area contributed by atoms with Gasteiger partial charge in [-0.15, -0.1) is 0 Å². The van der Waals surface area contributed by atoms with E-state index in [9.17, 15) is 0 Å². The topological polar surface area (TPSA) is 0 Å². The van der Waals surface area contributed by atoms with Gasteiger partial charge in [0, 0.05) is 0 Å². The summed E-state index contributed by atoms with van der Waals surface area (Å²) in [5.74, 6) is 0. The lowest BCUT2D eigenvalue weighted by atomic mass is 9.59. The Labute approximate surface area is 135 Å². The van der Waals surface area contributed by atoms with Crippen LogP contribution < -0.4 is 0 Å². The molecule has 1 fully saturated rings. The van der Waals surface area contributed by atoms with Gasteiger partial charge in [-0.1, -0.05) is 105 Å². The second-order valence-electron chi connectivity index (χ2n) is 8.58. The van der Waals surface area contributed by atoms with Gasteiger partial charge in [-0.2, -0.15) is 0 Å². The van der Waals surface area contributed by atoms with Crippen molar-refractivity contribution in [1.29, 1.82) is 0 Å². The van der Waals surface area contributed by atoms with Crippen molar-refractivity contribution < 1.29 is 0 Å². The first-order valence-electron chi connectivity index (χ1n) is 10.0. The third-order valence-electron chi connectivity index (χ3n) is 6.50. The Kier molecular flexibility index (Phi) is 8.98. The zero-order valence-corrected chi connectivity index (χ0v) is 15.6. The molecule has 0 nitrogen and oxygen atoms in total. The van der Waals surface area contributed by atoms with Crippen molar-refractivity contribution in [2.24, 2.45) is 10.8 Å². The summed E-state index contributed by atoms with van der Waals surface area (Å²) < 4.78 is 0. The maximum Gasteiger partial charge on any atom is -0.0275 e. The smallest absolute Gasteiger partial charge is 0.0275 e. The second-order valence-corrected chi connectivity index (χ2v) is 8.58. The van der Waals surface area contributed by atoms with Gasteiger partial charge < -0.3 is 0 Å². The van der Waals surface area contributed by atoms with Gasteiger partial charge >= 0.3 is 0 Å². The van der Waals surface area contributed by atoms with E-state index in [2.05, 4.69) is 27.7 Å². The average molecular weight is 295 g/mol. The molecule has 0 aromatic carbocycles. The Bertz CT molecular complexity index is 253. The highest BCUT2D eigenvalue weighted by molar-refractivity contribution is 4.90. The molecule has 0 heterocycles. The van der Waals surface area contributed by atoms with Crippen LogP contribution in [0.5, 0.6) is 0 Å². The highest BCUT2D eigenvalue weighted by atomic mass is 14.4. The van der Waals surface area contributed by atoms with E-state index in [1.54, 1.807) is 0 Å². The fraction of sp³-hybridized carbons (Fsp3) is 1.00. The molecule has 0 aromatic heterocycles. The van der Waals surface area contributed by atoms with Crippen LogP contribution in [0.25, 0.3) is 0 Å². The summed E-state index contributed by atoms with van der Waals surface area (Å²) in [6, 6.07) is 0. The van der Waals surface area contributed by atoms with E-state index in [0.717, 1.165) is 0 Å². The second kappa shape index (κ2) is 9.90. The highest BCUT2D eigenvalue weighted by Gasteiger charge is 2.39. The van der Waals surface area contributed by atoms with Crippen molar-refractivity contribution in [1.82, 2.24) is 0 Å². The minimum atomic E-state index is 0.550. The zero-order chi connectivity index (χ0) is 15.6. The van der Waals surface area contributed by atoms with Crippen LogP contribution in [0.4, 0.5) is 0 Å². The van der Waals surface area contributed by atoms with Gasteiger partial charge in [-0.25, -0.2) is 0 Å². The molecule has 1 unspecified atom stereocenters. The SMILES string of the molecule is CCCCCCCCCCC1(C)CCCCCCC1(C)C. The van der Waals surface area contributed by atoms with Crippen molar-refractivity contribution in [2.45, 2.75) is 124 Å². The molecule has 0 aliphatic heterocycles. The first-order valence-corrected chi connectivity index (χ1v) is 10.0. The van der Waals surface area contributed by atoms with Crippen LogP contribution in [0, 0.1) is 10.8 Å². The third kappa shape index (κ3) is 6.74. The van der Waals surface area contributed by atoms with Crippen molar-refractivity contribution >= 4 is 0 Å². The quantitative estimate of drug-likeness (QED) is 0.379. The Morgan fingerprint density at radius 1 is 0.619 bits per heavy atom. The molecule has 0 radical (unpaired) electrons. The van der Waals surface area contributed by atoms with Crippen LogP contribution in [0.15, 0.2) is 0 Å². The minimum Gasteiger partial charge on any atom is -0.0654 e. The third-order valence-corrected chi connectivity index (χ3v) is 6.50. The molecule has 0 saturated heterocycles. The van der Waals surface area contributed by atoms with E-state index in [1.165, 1.54) is 96.3 Å². The predicted octanol–water partition coefficient (Wildman–Crippen LogP) is 7.90. The van der Waals surface area contributed by atoms with E-state index < -0.39 is 0 Å². The summed E-state index contributed by atoms with van der Waals surface area (Å²) in [4.78, 5) is 0. The van der Waals surface area contributed by atoms with E-state index in [0.29, 0.717) is 10.8 Å². The van der Waals surface area contributed by atoms with E-state index in [4.69, 9.17) is 0 Å². The molecular weight excluding hydrogens is 252 g/mol. The molecule has 1 aliphatic carbocycles. The summed E-state index contributed by atoms with van der Waals surface area (Å²) in [7, 11) is 0. The molecule has 0 amide bonds. The maximum absolute atomic E-state index is 2.60. The van der Waals surface area contributed by atoms with Gasteiger partial charge in [0.05, 0.1) is 0 Å². The lowest BCUT2D eigenvalue weighted by Crippen LogP contribution is -2.36. The zero-order valence-electron chi connectivity index (χ0n) is 15.6. The lowest BCUT2D eigenvalue weighted by molar-refractivity contribution is 0.0415. The van der Waals surface area contributed by atoms with Crippen molar-refractivity contribution in [3.63, 3.8) is 0 Å². The van der Waals surface area contributed by atoms with Crippen LogP contribution in [0.1, 0.15) is 124 Å². The molecule has 0 N–H and O–H groups in total.